The van der Waals surface area contributed by atoms with Gasteiger partial charge in [0.1, 0.15) is 5.76 Å². The fourth-order valence-corrected chi connectivity index (χ4v) is 4.71. The number of piperidine rings is 2. The number of oxazole rings is 1. The Labute approximate surface area is 180 Å². The number of carbonyl (C=O) groups excluding carboxylic acids is 1. The first-order chi connectivity index (χ1) is 12.6. The van der Waals surface area contributed by atoms with Gasteiger partial charge in [-0.3, -0.25) is 9.69 Å². The molecule has 0 bridgehead atoms. The fourth-order valence-electron chi connectivity index (χ4n) is 4.71. The number of amides is 1. The zero-order valence-corrected chi connectivity index (χ0v) is 18.6. The molecule has 4 rings (SSSR count). The highest BCUT2D eigenvalue weighted by Gasteiger charge is 2.57. The molecule has 3 fully saturated rings. The molecule has 2 N–H and O–H groups in total. The minimum Gasteiger partial charge on any atom is -0.444 e. The number of aromatic nitrogens is 1. The molecule has 8 heteroatoms. The van der Waals surface area contributed by atoms with Crippen LogP contribution >= 0.6 is 24.8 Å². The molecule has 160 valence electrons. The quantitative estimate of drug-likeness (QED) is 0.748. The van der Waals surface area contributed by atoms with E-state index in [4.69, 9.17) is 4.42 Å². The molecule has 0 aromatic carbocycles. The van der Waals surface area contributed by atoms with Crippen molar-refractivity contribution in [1.29, 1.82) is 0 Å². The van der Waals surface area contributed by atoms with Crippen molar-refractivity contribution < 1.29 is 9.21 Å². The van der Waals surface area contributed by atoms with Crippen LogP contribution in [0.25, 0.3) is 0 Å². The van der Waals surface area contributed by atoms with E-state index >= 15 is 0 Å². The summed E-state index contributed by atoms with van der Waals surface area (Å²) in [6.45, 7) is 9.86. The standard InChI is InChI=1S/C20H32N4O2.2ClH/c1-14-15(2)26-18(23-14)13-24-9-3-16(4-10-24)12-22-19(25)17-11-20(17)5-7-21-8-6-20;;/h16-17,21H,3-13H2,1-2H3,(H,22,25);2*1H. The van der Waals surface area contributed by atoms with Crippen molar-refractivity contribution in [2.75, 3.05) is 32.7 Å². The number of aryl methyl sites for hydroxylation is 2. The van der Waals surface area contributed by atoms with Crippen molar-refractivity contribution in [3.8, 4) is 0 Å². The lowest BCUT2D eigenvalue weighted by molar-refractivity contribution is -0.123. The summed E-state index contributed by atoms with van der Waals surface area (Å²) >= 11 is 0. The lowest BCUT2D eigenvalue weighted by atomic mass is 9.91. The van der Waals surface area contributed by atoms with Gasteiger partial charge in [-0.05, 0) is 83.5 Å². The molecular formula is C20H34Cl2N4O2. The Morgan fingerprint density at radius 1 is 1.25 bits per heavy atom. The topological polar surface area (TPSA) is 70.4 Å². The van der Waals surface area contributed by atoms with Crippen LogP contribution < -0.4 is 10.6 Å². The van der Waals surface area contributed by atoms with Crippen molar-refractivity contribution >= 4 is 30.7 Å². The van der Waals surface area contributed by atoms with Gasteiger partial charge in [0, 0.05) is 12.5 Å². The predicted molar refractivity (Wildman–Crippen MR) is 114 cm³/mol. The summed E-state index contributed by atoms with van der Waals surface area (Å²) in [7, 11) is 0. The Morgan fingerprint density at radius 2 is 1.93 bits per heavy atom. The summed E-state index contributed by atoms with van der Waals surface area (Å²) in [5.41, 5.74) is 1.33. The second-order valence-corrected chi connectivity index (χ2v) is 8.58. The van der Waals surface area contributed by atoms with E-state index < -0.39 is 0 Å². The minimum atomic E-state index is 0. The number of nitrogens with one attached hydrogen (secondary N) is 2. The molecule has 0 radical (unpaired) electrons. The van der Waals surface area contributed by atoms with Crippen LogP contribution in [0.2, 0.25) is 0 Å². The molecule has 3 heterocycles. The van der Waals surface area contributed by atoms with Gasteiger partial charge >= 0.3 is 0 Å². The molecule has 28 heavy (non-hydrogen) atoms. The molecule has 1 unspecified atom stereocenters. The van der Waals surface area contributed by atoms with Gasteiger partial charge in [-0.15, -0.1) is 24.8 Å². The molecule has 2 saturated heterocycles. The summed E-state index contributed by atoms with van der Waals surface area (Å²) in [6.07, 6.45) is 5.72. The van der Waals surface area contributed by atoms with E-state index in [9.17, 15) is 4.79 Å². The zero-order chi connectivity index (χ0) is 18.1. The van der Waals surface area contributed by atoms with Crippen molar-refractivity contribution in [3.05, 3.63) is 17.3 Å². The highest BCUT2D eigenvalue weighted by molar-refractivity contribution is 5.85. The SMILES string of the molecule is Cc1nc(CN2CCC(CNC(=O)C3CC34CCNCC4)CC2)oc1C.Cl.Cl. The second kappa shape index (κ2) is 9.79. The third kappa shape index (κ3) is 5.21. The van der Waals surface area contributed by atoms with E-state index in [0.29, 0.717) is 17.2 Å². The van der Waals surface area contributed by atoms with Crippen molar-refractivity contribution in [1.82, 2.24) is 20.5 Å². The maximum absolute atomic E-state index is 12.5. The largest absolute Gasteiger partial charge is 0.444 e. The summed E-state index contributed by atoms with van der Waals surface area (Å²) in [5.74, 6) is 2.93. The summed E-state index contributed by atoms with van der Waals surface area (Å²) in [4.78, 5) is 19.4. The predicted octanol–water partition coefficient (Wildman–Crippen LogP) is 2.85. The maximum Gasteiger partial charge on any atom is 0.223 e. The van der Waals surface area contributed by atoms with Crippen LogP contribution in [0.5, 0.6) is 0 Å². The summed E-state index contributed by atoms with van der Waals surface area (Å²) in [6, 6.07) is 0. The Balaban J connectivity index is 0.00000140. The van der Waals surface area contributed by atoms with E-state index in [-0.39, 0.29) is 30.7 Å². The van der Waals surface area contributed by atoms with Gasteiger partial charge in [-0.2, -0.15) is 0 Å². The number of carbonyl (C=O) groups is 1. The fraction of sp³-hybridized carbons (Fsp3) is 0.800. The van der Waals surface area contributed by atoms with Gasteiger partial charge in [0.25, 0.3) is 0 Å². The number of likely N-dealkylation sites (tertiary alicyclic amines) is 1. The molecule has 1 saturated carbocycles. The van der Waals surface area contributed by atoms with Crippen LogP contribution in [0.1, 0.15) is 49.4 Å². The molecule has 1 aromatic rings. The van der Waals surface area contributed by atoms with E-state index in [1.807, 2.05) is 13.8 Å². The number of halogens is 2. The Morgan fingerprint density at radius 3 is 2.54 bits per heavy atom. The molecule has 1 atom stereocenters. The smallest absolute Gasteiger partial charge is 0.223 e. The number of rotatable bonds is 5. The first kappa shape index (κ1) is 23.5. The summed E-state index contributed by atoms with van der Waals surface area (Å²) < 4.78 is 5.70. The van der Waals surface area contributed by atoms with E-state index in [1.54, 1.807) is 0 Å². The average molecular weight is 433 g/mol. The monoisotopic (exact) mass is 432 g/mol. The Hall–Kier alpha value is -0.820. The third-order valence-electron chi connectivity index (χ3n) is 6.81. The van der Waals surface area contributed by atoms with Gasteiger partial charge in [0.15, 0.2) is 0 Å². The zero-order valence-electron chi connectivity index (χ0n) is 17.0. The van der Waals surface area contributed by atoms with Crippen molar-refractivity contribution in [2.24, 2.45) is 17.3 Å². The molecule has 1 aromatic heterocycles. The van der Waals surface area contributed by atoms with Gasteiger partial charge < -0.3 is 15.1 Å². The molecule has 1 spiro atoms. The van der Waals surface area contributed by atoms with Crippen LogP contribution in [-0.2, 0) is 11.3 Å². The number of nitrogens with zero attached hydrogens (tertiary/aromatic N) is 2. The van der Waals surface area contributed by atoms with Crippen LogP contribution in [0, 0.1) is 31.1 Å². The molecule has 2 aliphatic heterocycles. The first-order valence-corrected chi connectivity index (χ1v) is 10.2. The minimum absolute atomic E-state index is 0. The molecule has 6 nitrogen and oxygen atoms in total. The summed E-state index contributed by atoms with van der Waals surface area (Å²) in [5, 5.41) is 6.65. The number of hydrogen-bond donors (Lipinski definition) is 2. The van der Waals surface area contributed by atoms with Gasteiger partial charge in [0.05, 0.1) is 12.2 Å². The molecule has 1 aliphatic carbocycles. The Kier molecular flexibility index (Phi) is 8.20. The van der Waals surface area contributed by atoms with Crippen molar-refractivity contribution in [2.45, 2.75) is 52.5 Å². The Bertz CT molecular complexity index is 633. The lowest BCUT2D eigenvalue weighted by Gasteiger charge is -2.31. The first-order valence-electron chi connectivity index (χ1n) is 10.2. The highest BCUT2D eigenvalue weighted by Crippen LogP contribution is 2.58. The average Bonchev–Trinajstić information content (AvgIpc) is 3.24. The maximum atomic E-state index is 12.5. The number of hydrogen-bond acceptors (Lipinski definition) is 5. The second-order valence-electron chi connectivity index (χ2n) is 8.58. The van der Waals surface area contributed by atoms with Crippen LogP contribution in [0.15, 0.2) is 4.42 Å². The van der Waals surface area contributed by atoms with E-state index in [0.717, 1.165) is 75.9 Å². The molecule has 3 aliphatic rings. The molecular weight excluding hydrogens is 399 g/mol. The van der Waals surface area contributed by atoms with Crippen molar-refractivity contribution in [3.63, 3.8) is 0 Å². The van der Waals surface area contributed by atoms with Crippen LogP contribution in [-0.4, -0.2) is 48.5 Å². The third-order valence-corrected chi connectivity index (χ3v) is 6.81. The van der Waals surface area contributed by atoms with E-state index in [2.05, 4.69) is 20.5 Å². The van der Waals surface area contributed by atoms with Gasteiger partial charge in [-0.25, -0.2) is 4.98 Å². The van der Waals surface area contributed by atoms with Gasteiger partial charge in [0.2, 0.25) is 11.8 Å². The highest BCUT2D eigenvalue weighted by atomic mass is 35.5. The van der Waals surface area contributed by atoms with Gasteiger partial charge in [-0.1, -0.05) is 0 Å². The van der Waals surface area contributed by atoms with E-state index in [1.165, 1.54) is 12.8 Å². The normalized spacial score (nSPS) is 24.3. The van der Waals surface area contributed by atoms with Crippen LogP contribution in [0.4, 0.5) is 0 Å². The van der Waals surface area contributed by atoms with Crippen LogP contribution in [0.3, 0.4) is 0 Å². The molecule has 1 amide bonds. The lowest BCUT2D eigenvalue weighted by Crippen LogP contribution is -2.39.